The molecule has 152 valence electrons. The van der Waals surface area contributed by atoms with Crippen molar-refractivity contribution < 1.29 is 9.15 Å². The Hall–Kier alpha value is -2.47. The van der Waals surface area contributed by atoms with E-state index in [0.29, 0.717) is 13.2 Å². The fourth-order valence-electron chi connectivity index (χ4n) is 3.63. The third-order valence-corrected chi connectivity index (χ3v) is 5.06. The van der Waals surface area contributed by atoms with E-state index in [2.05, 4.69) is 38.7 Å². The monoisotopic (exact) mass is 384 g/mol. The van der Waals surface area contributed by atoms with Crippen molar-refractivity contribution in [2.75, 3.05) is 33.3 Å². The van der Waals surface area contributed by atoms with E-state index in [1.165, 1.54) is 19.3 Å². The van der Waals surface area contributed by atoms with Gasteiger partial charge >= 0.3 is 0 Å². The molecule has 0 spiro atoms. The lowest BCUT2D eigenvalue weighted by atomic mass is 10.1. The third-order valence-electron chi connectivity index (χ3n) is 5.06. The van der Waals surface area contributed by atoms with Gasteiger partial charge in [-0.25, -0.2) is 0 Å². The maximum Gasteiger partial charge on any atom is 0.191 e. The van der Waals surface area contributed by atoms with Crippen LogP contribution >= 0.6 is 0 Å². The third kappa shape index (κ3) is 5.76. The average Bonchev–Trinajstić information content (AvgIpc) is 3.26. The van der Waals surface area contributed by atoms with Crippen molar-refractivity contribution >= 4 is 5.96 Å². The number of ether oxygens (including phenoxy) is 1. The highest BCUT2D eigenvalue weighted by Gasteiger charge is 2.24. The molecule has 1 unspecified atom stereocenters. The molecule has 6 nitrogen and oxygen atoms in total. The van der Waals surface area contributed by atoms with Crippen LogP contribution in [-0.4, -0.2) is 44.1 Å². The van der Waals surface area contributed by atoms with E-state index < -0.39 is 0 Å². The van der Waals surface area contributed by atoms with Gasteiger partial charge in [-0.1, -0.05) is 18.6 Å². The number of guanidine groups is 1. The van der Waals surface area contributed by atoms with Crippen molar-refractivity contribution in [1.29, 1.82) is 0 Å². The minimum Gasteiger partial charge on any atom is -0.494 e. The van der Waals surface area contributed by atoms with Crippen LogP contribution in [-0.2, 0) is 6.54 Å². The van der Waals surface area contributed by atoms with Gasteiger partial charge in [0.25, 0.3) is 0 Å². The van der Waals surface area contributed by atoms with Crippen LogP contribution in [0.1, 0.15) is 43.6 Å². The summed E-state index contributed by atoms with van der Waals surface area (Å²) in [5.74, 6) is 2.69. The summed E-state index contributed by atoms with van der Waals surface area (Å²) in [6, 6.07) is 12.4. The lowest BCUT2D eigenvalue weighted by molar-refractivity contribution is 0.146. The van der Waals surface area contributed by atoms with Gasteiger partial charge in [-0.2, -0.15) is 0 Å². The highest BCUT2D eigenvalue weighted by molar-refractivity contribution is 5.79. The molecule has 0 bridgehead atoms. The lowest BCUT2D eigenvalue weighted by Crippen LogP contribution is -2.44. The number of hydrogen-bond donors (Lipinski definition) is 2. The standard InChI is InChI=1S/C22H32N4O2/c1-3-27-19-10-7-9-18(15-19)16-24-22(23-2)25-17-20(21-11-8-14-28-21)26-12-5-4-6-13-26/h7-11,14-15,20H,3-6,12-13,16-17H2,1-2H3,(H2,23,24,25). The van der Waals surface area contributed by atoms with Crippen LogP contribution in [0.2, 0.25) is 0 Å². The zero-order valence-electron chi connectivity index (χ0n) is 17.0. The summed E-state index contributed by atoms with van der Waals surface area (Å²) in [5.41, 5.74) is 1.16. The molecule has 1 atom stereocenters. The molecule has 6 heteroatoms. The molecule has 0 aliphatic carbocycles. The first-order valence-corrected chi connectivity index (χ1v) is 10.2. The number of piperidine rings is 1. The van der Waals surface area contributed by atoms with E-state index in [9.17, 15) is 0 Å². The van der Waals surface area contributed by atoms with E-state index in [4.69, 9.17) is 9.15 Å². The SMILES string of the molecule is CCOc1cccc(CNC(=NC)NCC(c2ccco2)N2CCCCC2)c1. The van der Waals surface area contributed by atoms with Crippen molar-refractivity contribution in [3.63, 3.8) is 0 Å². The molecule has 0 amide bonds. The van der Waals surface area contributed by atoms with Gasteiger partial charge in [0.05, 0.1) is 18.9 Å². The Morgan fingerprint density at radius 2 is 2.04 bits per heavy atom. The van der Waals surface area contributed by atoms with Gasteiger partial charge in [-0.15, -0.1) is 0 Å². The molecule has 28 heavy (non-hydrogen) atoms. The van der Waals surface area contributed by atoms with Crippen molar-refractivity contribution in [2.24, 2.45) is 4.99 Å². The average molecular weight is 385 g/mol. The molecule has 1 fully saturated rings. The molecule has 2 heterocycles. The van der Waals surface area contributed by atoms with Crippen LogP contribution in [0.15, 0.2) is 52.1 Å². The predicted octanol–water partition coefficient (Wildman–Crippen LogP) is 3.57. The number of nitrogens with zero attached hydrogens (tertiary/aromatic N) is 2. The Morgan fingerprint density at radius 1 is 1.18 bits per heavy atom. The van der Waals surface area contributed by atoms with Crippen molar-refractivity contribution in [1.82, 2.24) is 15.5 Å². The van der Waals surface area contributed by atoms with Gasteiger partial charge in [0.15, 0.2) is 5.96 Å². The van der Waals surface area contributed by atoms with Gasteiger partial charge < -0.3 is 19.8 Å². The van der Waals surface area contributed by atoms with Crippen LogP contribution in [0.3, 0.4) is 0 Å². The molecule has 1 saturated heterocycles. The highest BCUT2D eigenvalue weighted by atomic mass is 16.5. The molecule has 1 aliphatic rings. The second-order valence-corrected chi connectivity index (χ2v) is 7.01. The first-order chi connectivity index (χ1) is 13.8. The Kier molecular flexibility index (Phi) is 7.79. The number of hydrogen-bond acceptors (Lipinski definition) is 4. The van der Waals surface area contributed by atoms with Crippen molar-refractivity contribution in [2.45, 2.75) is 38.8 Å². The summed E-state index contributed by atoms with van der Waals surface area (Å²) >= 11 is 0. The summed E-state index contributed by atoms with van der Waals surface area (Å²) in [6.45, 7) is 6.34. The van der Waals surface area contributed by atoms with Gasteiger partial charge in [-0.05, 0) is 62.7 Å². The van der Waals surface area contributed by atoms with Crippen LogP contribution in [0.25, 0.3) is 0 Å². The van der Waals surface area contributed by atoms with E-state index in [-0.39, 0.29) is 6.04 Å². The maximum atomic E-state index is 5.72. The molecule has 1 aliphatic heterocycles. The largest absolute Gasteiger partial charge is 0.494 e. The number of nitrogens with one attached hydrogen (secondary N) is 2. The Morgan fingerprint density at radius 3 is 2.75 bits per heavy atom. The second-order valence-electron chi connectivity index (χ2n) is 7.01. The molecule has 1 aromatic heterocycles. The van der Waals surface area contributed by atoms with Crippen molar-refractivity contribution in [3.8, 4) is 5.75 Å². The summed E-state index contributed by atoms with van der Waals surface area (Å²) < 4.78 is 11.3. The molecule has 1 aromatic carbocycles. The summed E-state index contributed by atoms with van der Waals surface area (Å²) in [6.07, 6.45) is 5.57. The smallest absolute Gasteiger partial charge is 0.191 e. The highest BCUT2D eigenvalue weighted by Crippen LogP contribution is 2.24. The van der Waals surface area contributed by atoms with Crippen molar-refractivity contribution in [3.05, 3.63) is 54.0 Å². The van der Waals surface area contributed by atoms with Crippen LogP contribution in [0, 0.1) is 0 Å². The summed E-state index contributed by atoms with van der Waals surface area (Å²) in [4.78, 5) is 6.88. The lowest BCUT2D eigenvalue weighted by Gasteiger charge is -2.33. The number of rotatable bonds is 8. The summed E-state index contributed by atoms with van der Waals surface area (Å²) in [5, 5.41) is 6.86. The van der Waals surface area contributed by atoms with Crippen LogP contribution in [0.4, 0.5) is 0 Å². The van der Waals surface area contributed by atoms with Crippen LogP contribution < -0.4 is 15.4 Å². The fraction of sp³-hybridized carbons (Fsp3) is 0.500. The predicted molar refractivity (Wildman–Crippen MR) is 113 cm³/mol. The zero-order chi connectivity index (χ0) is 19.6. The van der Waals surface area contributed by atoms with Gasteiger partial charge in [0, 0.05) is 20.1 Å². The van der Waals surface area contributed by atoms with E-state index >= 15 is 0 Å². The quantitative estimate of drug-likeness (QED) is 0.538. The second kappa shape index (κ2) is 10.8. The zero-order valence-corrected chi connectivity index (χ0v) is 17.0. The number of benzene rings is 1. The molecule has 2 aromatic rings. The molecule has 0 saturated carbocycles. The van der Waals surface area contributed by atoms with E-state index in [0.717, 1.165) is 42.7 Å². The number of aliphatic imine (C=N–C) groups is 1. The first-order valence-electron chi connectivity index (χ1n) is 10.2. The minimum absolute atomic E-state index is 0.218. The first kappa shape index (κ1) is 20.3. The Bertz CT molecular complexity index is 724. The molecule has 3 rings (SSSR count). The van der Waals surface area contributed by atoms with Gasteiger partial charge in [0.2, 0.25) is 0 Å². The van der Waals surface area contributed by atoms with Gasteiger partial charge in [-0.3, -0.25) is 9.89 Å². The normalized spacial score (nSPS) is 16.6. The Labute approximate surface area is 168 Å². The number of furan rings is 1. The topological polar surface area (TPSA) is 62.0 Å². The molecule has 0 radical (unpaired) electrons. The van der Waals surface area contributed by atoms with E-state index in [1.807, 2.05) is 25.1 Å². The Balaban J connectivity index is 1.56. The van der Waals surface area contributed by atoms with Gasteiger partial charge in [0.1, 0.15) is 11.5 Å². The van der Waals surface area contributed by atoms with E-state index in [1.54, 1.807) is 13.3 Å². The molecule has 2 N–H and O–H groups in total. The molecular formula is C22H32N4O2. The maximum absolute atomic E-state index is 5.72. The minimum atomic E-state index is 0.218. The van der Waals surface area contributed by atoms with Crippen LogP contribution in [0.5, 0.6) is 5.75 Å². The fourth-order valence-corrected chi connectivity index (χ4v) is 3.63. The molecular weight excluding hydrogens is 352 g/mol. The number of likely N-dealkylation sites (tertiary alicyclic amines) is 1. The summed E-state index contributed by atoms with van der Waals surface area (Å²) in [7, 11) is 1.80.